The predicted molar refractivity (Wildman–Crippen MR) is 89.0 cm³/mol. The van der Waals surface area contributed by atoms with Crippen LogP contribution in [0, 0.1) is 13.8 Å². The Morgan fingerprint density at radius 2 is 1.95 bits per heavy atom. The average molecular weight is 339 g/mol. The Labute approximate surface area is 135 Å². The van der Waals surface area contributed by atoms with Crippen LogP contribution in [-0.2, 0) is 0 Å². The molecule has 2 heterocycles. The molecule has 1 aromatic carbocycles. The lowest BCUT2D eigenvalue weighted by Crippen LogP contribution is -1.89. The van der Waals surface area contributed by atoms with E-state index in [1.165, 1.54) is 0 Å². The first-order valence-electron chi connectivity index (χ1n) is 6.21. The number of nitrogen functional groups attached to an aromatic ring is 1. The molecule has 0 spiro atoms. The van der Waals surface area contributed by atoms with E-state index in [1.54, 1.807) is 23.5 Å². The van der Waals surface area contributed by atoms with Crippen molar-refractivity contribution in [3.63, 3.8) is 0 Å². The van der Waals surface area contributed by atoms with Crippen LogP contribution in [0.3, 0.4) is 0 Å². The van der Waals surface area contributed by atoms with Crippen LogP contribution >= 0.6 is 34.5 Å². The van der Waals surface area contributed by atoms with E-state index in [4.69, 9.17) is 28.9 Å². The summed E-state index contributed by atoms with van der Waals surface area (Å²) >= 11 is 13.7. The first-order chi connectivity index (χ1) is 9.97. The first-order valence-corrected chi connectivity index (χ1v) is 7.78. The van der Waals surface area contributed by atoms with E-state index < -0.39 is 0 Å². The van der Waals surface area contributed by atoms with Crippen LogP contribution in [0.4, 0.5) is 5.82 Å². The fraction of sp³-hybridized carbons (Fsp3) is 0.143. The van der Waals surface area contributed by atoms with Crippen molar-refractivity contribution < 1.29 is 0 Å². The molecular weight excluding hydrogens is 327 g/mol. The number of aryl methyl sites for hydroxylation is 2. The molecule has 0 saturated heterocycles. The zero-order valence-electron chi connectivity index (χ0n) is 11.4. The second kappa shape index (κ2) is 5.33. The van der Waals surface area contributed by atoms with E-state index in [-0.39, 0.29) is 0 Å². The molecule has 0 aliphatic heterocycles. The molecule has 0 fully saturated rings. The second-order valence-electron chi connectivity index (χ2n) is 4.64. The normalized spacial score (nSPS) is 11.0. The summed E-state index contributed by atoms with van der Waals surface area (Å²) in [5.74, 6) is 0.425. The lowest BCUT2D eigenvalue weighted by molar-refractivity contribution is 1.10. The van der Waals surface area contributed by atoms with Gasteiger partial charge in [-0.2, -0.15) is 5.10 Å². The molecule has 3 aromatic rings. The van der Waals surface area contributed by atoms with Crippen molar-refractivity contribution in [1.82, 2.24) is 15.2 Å². The maximum atomic E-state index is 6.10. The van der Waals surface area contributed by atoms with Crippen LogP contribution < -0.4 is 5.73 Å². The van der Waals surface area contributed by atoms with Crippen molar-refractivity contribution in [2.75, 3.05) is 5.73 Å². The minimum absolute atomic E-state index is 0.425. The summed E-state index contributed by atoms with van der Waals surface area (Å²) in [5.41, 5.74) is 9.51. The number of hydrogen-bond acceptors (Lipinski definition) is 4. The van der Waals surface area contributed by atoms with E-state index in [2.05, 4.69) is 15.2 Å². The predicted octanol–water partition coefficient (Wildman–Crippen LogP) is 4.71. The highest BCUT2D eigenvalue weighted by molar-refractivity contribution is 7.15. The van der Waals surface area contributed by atoms with Crippen molar-refractivity contribution >= 4 is 40.4 Å². The van der Waals surface area contributed by atoms with Crippen LogP contribution in [0.15, 0.2) is 18.2 Å². The molecule has 2 aromatic heterocycles. The largest absolute Gasteiger partial charge is 0.382 e. The van der Waals surface area contributed by atoms with Gasteiger partial charge in [-0.3, -0.25) is 5.10 Å². The topological polar surface area (TPSA) is 67.6 Å². The molecule has 21 heavy (non-hydrogen) atoms. The number of benzene rings is 1. The SMILES string of the molecule is Cc1nc(C)c(-c2[nH]nc(N)c2-c2ccc(Cl)c(Cl)c2)s1. The van der Waals surface area contributed by atoms with Crippen LogP contribution in [0.2, 0.25) is 10.0 Å². The highest BCUT2D eigenvalue weighted by atomic mass is 35.5. The van der Waals surface area contributed by atoms with Gasteiger partial charge in [0.05, 0.1) is 36.9 Å². The van der Waals surface area contributed by atoms with Gasteiger partial charge in [-0.25, -0.2) is 4.98 Å². The average Bonchev–Trinajstić information content (AvgIpc) is 2.95. The summed E-state index contributed by atoms with van der Waals surface area (Å²) in [6.07, 6.45) is 0. The van der Waals surface area contributed by atoms with Crippen LogP contribution in [0.1, 0.15) is 10.7 Å². The maximum Gasteiger partial charge on any atom is 0.153 e. The van der Waals surface area contributed by atoms with Gasteiger partial charge in [0.25, 0.3) is 0 Å². The molecule has 0 aliphatic rings. The smallest absolute Gasteiger partial charge is 0.153 e. The number of H-pyrrole nitrogens is 1. The van der Waals surface area contributed by atoms with Gasteiger partial charge in [-0.1, -0.05) is 29.3 Å². The zero-order chi connectivity index (χ0) is 15.1. The number of halogens is 2. The first kappa shape index (κ1) is 14.4. The van der Waals surface area contributed by atoms with Gasteiger partial charge in [0.15, 0.2) is 5.82 Å². The van der Waals surface area contributed by atoms with Crippen LogP contribution in [0.5, 0.6) is 0 Å². The molecule has 0 aliphatic carbocycles. The van der Waals surface area contributed by atoms with Gasteiger partial charge in [0.2, 0.25) is 0 Å². The Hall–Kier alpha value is -1.56. The third kappa shape index (κ3) is 2.52. The van der Waals surface area contributed by atoms with E-state index in [9.17, 15) is 0 Å². The van der Waals surface area contributed by atoms with E-state index in [0.29, 0.717) is 15.9 Å². The van der Waals surface area contributed by atoms with E-state index >= 15 is 0 Å². The highest BCUT2D eigenvalue weighted by Gasteiger charge is 2.19. The number of nitrogens with one attached hydrogen (secondary N) is 1. The Morgan fingerprint density at radius 3 is 2.57 bits per heavy atom. The van der Waals surface area contributed by atoms with Crippen molar-refractivity contribution in [1.29, 1.82) is 0 Å². The third-order valence-electron chi connectivity index (χ3n) is 3.13. The number of anilines is 1. The molecule has 0 bridgehead atoms. The Balaban J connectivity index is 2.21. The number of thiazole rings is 1. The molecule has 0 atom stereocenters. The third-order valence-corrected chi connectivity index (χ3v) is 4.96. The minimum atomic E-state index is 0.425. The molecule has 7 heteroatoms. The number of aromatic nitrogens is 3. The van der Waals surface area contributed by atoms with Crippen molar-refractivity contribution in [3.8, 4) is 21.7 Å². The summed E-state index contributed by atoms with van der Waals surface area (Å²) in [5, 5.41) is 9.11. The number of nitrogens with two attached hydrogens (primary N) is 1. The number of rotatable bonds is 2. The van der Waals surface area contributed by atoms with Gasteiger partial charge >= 0.3 is 0 Å². The summed E-state index contributed by atoms with van der Waals surface area (Å²) in [7, 11) is 0. The van der Waals surface area contributed by atoms with Crippen molar-refractivity contribution in [2.24, 2.45) is 0 Å². The summed E-state index contributed by atoms with van der Waals surface area (Å²) in [6.45, 7) is 3.94. The van der Waals surface area contributed by atoms with Gasteiger partial charge < -0.3 is 5.73 Å². The van der Waals surface area contributed by atoms with Gasteiger partial charge in [-0.05, 0) is 31.5 Å². The molecule has 3 rings (SSSR count). The summed E-state index contributed by atoms with van der Waals surface area (Å²) in [6, 6.07) is 5.42. The van der Waals surface area contributed by atoms with Gasteiger partial charge in [0, 0.05) is 0 Å². The van der Waals surface area contributed by atoms with E-state index in [0.717, 1.165) is 32.4 Å². The van der Waals surface area contributed by atoms with Crippen LogP contribution in [-0.4, -0.2) is 15.2 Å². The molecule has 0 amide bonds. The highest BCUT2D eigenvalue weighted by Crippen LogP contribution is 2.40. The molecular formula is C14H12Cl2N4S. The van der Waals surface area contributed by atoms with Crippen molar-refractivity contribution in [3.05, 3.63) is 38.9 Å². The lowest BCUT2D eigenvalue weighted by Gasteiger charge is -2.05. The van der Waals surface area contributed by atoms with Crippen LogP contribution in [0.25, 0.3) is 21.7 Å². The molecule has 108 valence electrons. The monoisotopic (exact) mass is 338 g/mol. The lowest BCUT2D eigenvalue weighted by atomic mass is 10.0. The Morgan fingerprint density at radius 1 is 1.19 bits per heavy atom. The quantitative estimate of drug-likeness (QED) is 0.711. The Bertz CT molecular complexity index is 822. The Kier molecular flexibility index (Phi) is 3.65. The molecule has 0 radical (unpaired) electrons. The molecule has 0 saturated carbocycles. The molecule has 0 unspecified atom stereocenters. The number of hydrogen-bond donors (Lipinski definition) is 2. The van der Waals surface area contributed by atoms with Gasteiger partial charge in [-0.15, -0.1) is 11.3 Å². The van der Waals surface area contributed by atoms with E-state index in [1.807, 2.05) is 19.9 Å². The van der Waals surface area contributed by atoms with Crippen molar-refractivity contribution in [2.45, 2.75) is 13.8 Å². The summed E-state index contributed by atoms with van der Waals surface area (Å²) in [4.78, 5) is 5.47. The second-order valence-corrected chi connectivity index (χ2v) is 6.65. The molecule has 3 N–H and O–H groups in total. The summed E-state index contributed by atoms with van der Waals surface area (Å²) < 4.78 is 0. The standard InChI is InChI=1S/C14H12Cl2N4S/c1-6-13(21-7(2)18-6)12-11(14(17)20-19-12)8-3-4-9(15)10(16)5-8/h3-5H,1-2H3,(H3,17,19,20). The molecule has 4 nitrogen and oxygen atoms in total. The minimum Gasteiger partial charge on any atom is -0.382 e. The fourth-order valence-electron chi connectivity index (χ4n) is 2.23. The van der Waals surface area contributed by atoms with Gasteiger partial charge in [0.1, 0.15) is 0 Å². The zero-order valence-corrected chi connectivity index (χ0v) is 13.7. The number of aromatic amines is 1. The maximum absolute atomic E-state index is 6.10. The fourth-order valence-corrected chi connectivity index (χ4v) is 3.45. The number of nitrogens with zero attached hydrogens (tertiary/aromatic N) is 2.